The van der Waals surface area contributed by atoms with Crippen molar-refractivity contribution in [2.24, 2.45) is 5.73 Å². The second-order valence-corrected chi connectivity index (χ2v) is 10.4. The van der Waals surface area contributed by atoms with E-state index in [1.165, 1.54) is 11.6 Å². The molecule has 220 valence electrons. The third-order valence-electron chi connectivity index (χ3n) is 7.13. The van der Waals surface area contributed by atoms with Gasteiger partial charge in [0, 0.05) is 63.0 Å². The fourth-order valence-electron chi connectivity index (χ4n) is 5.18. The van der Waals surface area contributed by atoms with Gasteiger partial charge in [-0.3, -0.25) is 4.90 Å². The summed E-state index contributed by atoms with van der Waals surface area (Å²) in [5, 5.41) is 3.10. The van der Waals surface area contributed by atoms with Crippen LogP contribution in [0.5, 0.6) is 0 Å². The molecule has 0 bridgehead atoms. The van der Waals surface area contributed by atoms with Crippen LogP contribution in [0.15, 0.2) is 30.5 Å². The van der Waals surface area contributed by atoms with Crippen LogP contribution in [0.25, 0.3) is 22.3 Å². The van der Waals surface area contributed by atoms with E-state index in [2.05, 4.69) is 43.2 Å². The van der Waals surface area contributed by atoms with Crippen LogP contribution in [-0.4, -0.2) is 74.1 Å². The van der Waals surface area contributed by atoms with Crippen LogP contribution in [0, 0.1) is 18.6 Å². The highest BCUT2D eigenvalue weighted by Gasteiger charge is 2.20. The zero-order valence-electron chi connectivity index (χ0n) is 24.9. The molecule has 5 rings (SSSR count). The molecule has 0 fully saturated rings. The number of halogens is 2. The van der Waals surface area contributed by atoms with Crippen molar-refractivity contribution in [3.63, 3.8) is 0 Å². The normalized spacial score (nSPS) is 13.4. The van der Waals surface area contributed by atoms with E-state index in [1.54, 1.807) is 6.07 Å². The van der Waals surface area contributed by atoms with Crippen LogP contribution in [0.4, 0.5) is 20.5 Å². The third-order valence-corrected chi connectivity index (χ3v) is 7.13. The lowest BCUT2D eigenvalue weighted by atomic mass is 10.1. The highest BCUT2D eigenvalue weighted by atomic mass is 19.1. The quantitative estimate of drug-likeness (QED) is 0.290. The number of fused-ring (bicyclic) bond motifs is 2. The minimum atomic E-state index is -0.637. The van der Waals surface area contributed by atoms with Gasteiger partial charge in [0.25, 0.3) is 0 Å². The lowest BCUT2D eigenvalue weighted by Crippen LogP contribution is -2.38. The minimum Gasteiger partial charge on any atom is -0.329 e. The van der Waals surface area contributed by atoms with Crippen molar-refractivity contribution in [3.8, 4) is 11.3 Å². The number of rotatable bonds is 9. The molecule has 3 aromatic heterocycles. The lowest BCUT2D eigenvalue weighted by Gasteiger charge is -2.29. The number of hydrogen-bond acceptors (Lipinski definition) is 8. The Bertz CT molecular complexity index is 1480. The lowest BCUT2D eigenvalue weighted by molar-refractivity contribution is 0.212. The molecule has 1 aromatic carbocycles. The molecule has 0 saturated heterocycles. The van der Waals surface area contributed by atoms with Gasteiger partial charge in [-0.15, -0.1) is 0 Å². The van der Waals surface area contributed by atoms with E-state index in [0.717, 1.165) is 51.0 Å². The van der Waals surface area contributed by atoms with Crippen molar-refractivity contribution >= 4 is 22.8 Å². The number of benzene rings is 1. The Morgan fingerprint density at radius 3 is 2.59 bits per heavy atom. The minimum absolute atomic E-state index is 0.00987. The van der Waals surface area contributed by atoms with E-state index in [1.807, 2.05) is 45.3 Å². The zero-order chi connectivity index (χ0) is 29.7. The van der Waals surface area contributed by atoms with Crippen molar-refractivity contribution < 1.29 is 8.78 Å². The van der Waals surface area contributed by atoms with Gasteiger partial charge in [-0.05, 0) is 51.6 Å². The van der Waals surface area contributed by atoms with Gasteiger partial charge in [-0.25, -0.2) is 28.7 Å². The molecule has 1 aliphatic heterocycles. The van der Waals surface area contributed by atoms with Gasteiger partial charge >= 0.3 is 0 Å². The fraction of sp³-hybridized carbons (Fsp3) is 0.467. The molecule has 41 heavy (non-hydrogen) atoms. The molecule has 0 atom stereocenters. The number of nitrogens with one attached hydrogen (secondary N) is 1. The Morgan fingerprint density at radius 2 is 1.85 bits per heavy atom. The van der Waals surface area contributed by atoms with Gasteiger partial charge in [0.15, 0.2) is 11.6 Å². The van der Waals surface area contributed by atoms with Crippen molar-refractivity contribution in [2.75, 3.05) is 45.1 Å². The molecular weight excluding hydrogens is 524 g/mol. The van der Waals surface area contributed by atoms with Crippen LogP contribution in [0.3, 0.4) is 0 Å². The Kier molecular flexibility index (Phi) is 9.95. The number of nitrogens with zero attached hydrogens (tertiary/aromatic N) is 7. The number of likely N-dealkylation sites (N-methyl/N-ethyl adjacent to an activating group) is 1. The molecule has 0 radical (unpaired) electrons. The van der Waals surface area contributed by atoms with Crippen molar-refractivity contribution in [1.29, 1.82) is 0 Å². The highest BCUT2D eigenvalue weighted by Crippen LogP contribution is 2.30. The first kappa shape index (κ1) is 30.4. The Hall–Kier alpha value is -3.54. The first-order valence-corrected chi connectivity index (χ1v) is 14.3. The molecule has 0 saturated carbocycles. The summed E-state index contributed by atoms with van der Waals surface area (Å²) in [6, 6.07) is 7.00. The average Bonchev–Trinajstić information content (AvgIpc) is 3.30. The van der Waals surface area contributed by atoms with E-state index >= 15 is 4.39 Å². The number of nitrogens with two attached hydrogens (primary N) is 1. The molecule has 11 heteroatoms. The second-order valence-electron chi connectivity index (χ2n) is 10.4. The maximum atomic E-state index is 15.0. The Morgan fingerprint density at radius 1 is 1.07 bits per heavy atom. The summed E-state index contributed by atoms with van der Waals surface area (Å²) in [5.74, 6) is 0.309. The summed E-state index contributed by atoms with van der Waals surface area (Å²) in [7, 11) is 2.09. The predicted molar refractivity (Wildman–Crippen MR) is 160 cm³/mol. The largest absolute Gasteiger partial charge is 0.329 e. The maximum Gasteiger partial charge on any atom is 0.229 e. The van der Waals surface area contributed by atoms with Crippen LogP contribution in [-0.2, 0) is 13.0 Å². The summed E-state index contributed by atoms with van der Waals surface area (Å²) in [4.78, 5) is 22.3. The van der Waals surface area contributed by atoms with Crippen LogP contribution in [0.1, 0.15) is 50.8 Å². The van der Waals surface area contributed by atoms with Gasteiger partial charge in [0.2, 0.25) is 5.95 Å². The monoisotopic (exact) mass is 565 g/mol. The second kappa shape index (κ2) is 13.4. The maximum absolute atomic E-state index is 15.0. The molecule has 0 aliphatic carbocycles. The number of anilines is 2. The van der Waals surface area contributed by atoms with Crippen LogP contribution in [0.2, 0.25) is 0 Å². The number of hydrogen-bond donors (Lipinski definition) is 2. The number of imidazole rings is 1. The first-order chi connectivity index (χ1) is 19.7. The highest BCUT2D eigenvalue weighted by molar-refractivity contribution is 5.83. The van der Waals surface area contributed by atoms with E-state index in [0.29, 0.717) is 29.3 Å². The van der Waals surface area contributed by atoms with Gasteiger partial charge in [0.05, 0.1) is 11.7 Å². The van der Waals surface area contributed by atoms with Gasteiger partial charge in [0.1, 0.15) is 22.9 Å². The van der Waals surface area contributed by atoms with Gasteiger partial charge in [-0.2, -0.15) is 0 Å². The molecular formula is C30H41F2N9. The summed E-state index contributed by atoms with van der Waals surface area (Å²) >= 11 is 0. The van der Waals surface area contributed by atoms with Gasteiger partial charge < -0.3 is 20.5 Å². The molecule has 1 aliphatic rings. The Labute approximate surface area is 240 Å². The van der Waals surface area contributed by atoms with Crippen LogP contribution >= 0.6 is 0 Å². The molecule has 4 heterocycles. The van der Waals surface area contributed by atoms with Gasteiger partial charge in [-0.1, -0.05) is 19.9 Å². The fourth-order valence-corrected chi connectivity index (χ4v) is 5.18. The van der Waals surface area contributed by atoms with Crippen molar-refractivity contribution in [2.45, 2.75) is 53.6 Å². The smallest absolute Gasteiger partial charge is 0.229 e. The molecule has 4 aromatic rings. The number of aryl methyl sites for hydroxylation is 1. The summed E-state index contributed by atoms with van der Waals surface area (Å²) < 4.78 is 31.8. The molecule has 0 unspecified atom stereocenters. The zero-order valence-corrected chi connectivity index (χ0v) is 24.9. The SMILES string of the molecule is CC.Cc1nc2c(F)cc(-c3nc(Nc4ccc5c(n4)CCN(CCN(C)CCN)C5)ncc3F)cc2n1C(C)C. The molecule has 0 spiro atoms. The third kappa shape index (κ3) is 6.86. The summed E-state index contributed by atoms with van der Waals surface area (Å²) in [6.45, 7) is 15.1. The van der Waals surface area contributed by atoms with E-state index in [-0.39, 0.29) is 23.2 Å². The predicted octanol–water partition coefficient (Wildman–Crippen LogP) is 5.07. The van der Waals surface area contributed by atoms with Crippen LogP contribution < -0.4 is 11.1 Å². The van der Waals surface area contributed by atoms with E-state index in [9.17, 15) is 4.39 Å². The number of pyridine rings is 1. The molecule has 9 nitrogen and oxygen atoms in total. The Balaban J connectivity index is 0.00000189. The standard InChI is InChI=1S/C28H35F2N9.C2H6/c1-17(2)39-18(3)33-27-21(29)13-20(14-24(27)39)26-22(30)15-32-28(36-26)35-25-6-5-19-16-38(9-7-23(19)34-25)12-11-37(4)10-8-31;1-2/h5-6,13-15,17H,7-12,16,31H2,1-4H3,(H,32,34,35,36);1-2H3. The topological polar surface area (TPSA) is 101 Å². The average molecular weight is 566 g/mol. The van der Waals surface area contributed by atoms with E-state index in [4.69, 9.17) is 10.7 Å². The first-order valence-electron chi connectivity index (χ1n) is 14.3. The number of aromatic nitrogens is 5. The van der Waals surface area contributed by atoms with Crippen molar-refractivity contribution in [3.05, 3.63) is 59.2 Å². The summed E-state index contributed by atoms with van der Waals surface area (Å²) in [5.41, 5.74) is 9.05. The summed E-state index contributed by atoms with van der Waals surface area (Å²) in [6.07, 6.45) is 1.93. The van der Waals surface area contributed by atoms with Crippen molar-refractivity contribution in [1.82, 2.24) is 34.3 Å². The molecule has 3 N–H and O–H groups in total. The van der Waals surface area contributed by atoms with E-state index < -0.39 is 11.6 Å². The molecule has 0 amide bonds.